The van der Waals surface area contributed by atoms with Crippen molar-refractivity contribution in [3.63, 3.8) is 0 Å². The average molecular weight is 988 g/mol. The lowest BCUT2D eigenvalue weighted by Gasteiger charge is -2.02. The molecule has 63 heavy (non-hydrogen) atoms. The minimum atomic E-state index is -1.14. The number of halogens is 5. The molecule has 1 amide bonds. The van der Waals surface area contributed by atoms with E-state index < -0.39 is 22.4 Å². The van der Waals surface area contributed by atoms with Crippen LogP contribution in [0.1, 0.15) is 24.1 Å². The van der Waals surface area contributed by atoms with Crippen molar-refractivity contribution in [3.05, 3.63) is 89.5 Å². The number of nitrogens with zero attached hydrogens (tertiary/aromatic N) is 2. The van der Waals surface area contributed by atoms with Crippen molar-refractivity contribution >= 4 is 100 Å². The molecule has 0 heterocycles. The fourth-order valence-corrected chi connectivity index (χ4v) is 3.07. The number of rotatable bonds is 12. The highest BCUT2D eigenvalue weighted by Crippen LogP contribution is 2.28. The van der Waals surface area contributed by atoms with Crippen LogP contribution in [0.25, 0.3) is 18.2 Å². The van der Waals surface area contributed by atoms with Crippen LogP contribution in [0.2, 0.25) is 0 Å². The van der Waals surface area contributed by atoms with Crippen molar-refractivity contribution in [2.75, 3.05) is 56.6 Å². The van der Waals surface area contributed by atoms with E-state index in [0.29, 0.717) is 34.7 Å². The zero-order chi connectivity index (χ0) is 46.6. The predicted molar refractivity (Wildman–Crippen MR) is 236 cm³/mol. The first-order chi connectivity index (χ1) is 28.3. The lowest BCUT2D eigenvalue weighted by molar-refractivity contribution is -0.457. The summed E-state index contributed by atoms with van der Waals surface area (Å²) >= 11 is 14.1. The topological polar surface area (TPSA) is 240 Å². The highest BCUT2D eigenvalue weighted by atomic mass is 35.5. The molecule has 0 atom stereocenters. The standard InChI is InChI=1S/C12H13NO4.C10H10O4.C10H10O3.C3H7ClN.C3H7NO.C2Cl2O2.CH4.2ClH/c1-13-8-17-12(15)6-4-9-3-5-11(16-2)10(14)7-9;1-14-9-4-2-7(6-8(9)11)3-5-10(12)13;1-13-10-5-4-8(3-2-6-11)7-9(10)12;1-5(2)3-4;1-4(2)3-5;3-1(5)2(4)6;;;/h3-8,14H,1-2H3;2-6,11H,1H3,(H,12,13);2-7,12H,1H3;2*3H,1-2H3;;1H4;2*1H/q;;;+1;;;;;/p-1/b6-4+,13-8?;5-3+;3-2+;;;;;;. The molecule has 17 nitrogen and oxygen atoms in total. The van der Waals surface area contributed by atoms with Gasteiger partial charge < -0.3 is 69.1 Å². The Kier molecular flexibility index (Phi) is 46.4. The fraction of sp³-hybridized carbons (Fsp3) is 0.220. The molecule has 0 aliphatic heterocycles. The van der Waals surface area contributed by atoms with Crippen LogP contribution in [0.3, 0.4) is 0 Å². The van der Waals surface area contributed by atoms with Crippen LogP contribution in [0.5, 0.6) is 34.5 Å². The van der Waals surface area contributed by atoms with Gasteiger partial charge in [-0.15, -0.1) is 0 Å². The number of aldehydes is 1. The van der Waals surface area contributed by atoms with Gasteiger partial charge in [0, 0.05) is 26.2 Å². The Morgan fingerprint density at radius 1 is 0.698 bits per heavy atom. The first kappa shape index (κ1) is 68.6. The normalized spacial score (nSPS) is 9.19. The molecule has 350 valence electrons. The maximum absolute atomic E-state index is 11.1. The number of hydrogen-bond donors (Lipinski definition) is 5. The van der Waals surface area contributed by atoms with Crippen molar-refractivity contribution in [1.29, 1.82) is 0 Å². The summed E-state index contributed by atoms with van der Waals surface area (Å²) in [6, 6.07) is 14.4. The summed E-state index contributed by atoms with van der Waals surface area (Å²) in [7, 11) is 13.1. The number of phenols is 3. The van der Waals surface area contributed by atoms with Gasteiger partial charge in [0.1, 0.15) is 27.4 Å². The molecular weight excluding hydrogens is 936 g/mol. The van der Waals surface area contributed by atoms with Crippen molar-refractivity contribution in [2.45, 2.75) is 7.43 Å². The number of esters is 1. The first-order valence-corrected chi connectivity index (χ1v) is 17.6. The van der Waals surface area contributed by atoms with Gasteiger partial charge in [0.25, 0.3) is 0 Å². The van der Waals surface area contributed by atoms with Gasteiger partial charge in [-0.05, 0) is 106 Å². The van der Waals surface area contributed by atoms with E-state index in [1.54, 1.807) is 68.2 Å². The van der Waals surface area contributed by atoms with Gasteiger partial charge in [0.05, 0.1) is 21.3 Å². The summed E-state index contributed by atoms with van der Waals surface area (Å²) in [5.74, 6) is -0.302. The number of carbonyl (C=O) groups excluding carboxylic acids is 5. The Bertz CT molecular complexity index is 1960. The number of aromatic hydroxyl groups is 3. The van der Waals surface area contributed by atoms with E-state index in [-0.39, 0.29) is 49.5 Å². The quantitative estimate of drug-likeness (QED) is 0.0197. The predicted octanol–water partition coefficient (Wildman–Crippen LogP) is -1.80. The summed E-state index contributed by atoms with van der Waals surface area (Å²) in [5, 5.41) is 34.3. The van der Waals surface area contributed by atoms with E-state index in [4.69, 9.17) is 30.9 Å². The number of phenolic OH excluding ortho intramolecular Hbond substituents is 3. The number of carboxylic acid groups (broad SMARTS) is 1. The van der Waals surface area contributed by atoms with Crippen LogP contribution in [-0.2, 0) is 33.5 Å². The van der Waals surface area contributed by atoms with Gasteiger partial charge in [-0.2, -0.15) is 0 Å². The summed E-state index contributed by atoms with van der Waals surface area (Å²) in [5.41, 5.74) is 3.50. The first-order valence-electron chi connectivity index (χ1n) is 16.4. The Hall–Kier alpha value is -6.11. The number of amides is 1. The number of allylic oxidation sites excluding steroid dienone is 1. The minimum Gasteiger partial charge on any atom is -1.00 e. The van der Waals surface area contributed by atoms with E-state index in [1.807, 2.05) is 14.1 Å². The van der Waals surface area contributed by atoms with E-state index in [0.717, 1.165) is 18.0 Å². The highest BCUT2D eigenvalue weighted by molar-refractivity contribution is 6.97. The highest BCUT2D eigenvalue weighted by Gasteiger charge is 2.03. The molecule has 0 radical (unpaired) electrons. The number of carboxylic acids is 1. The fourth-order valence-electron chi connectivity index (χ4n) is 3.07. The van der Waals surface area contributed by atoms with Crippen LogP contribution >= 0.6 is 34.8 Å². The van der Waals surface area contributed by atoms with Crippen molar-refractivity contribution < 1.29 is 103 Å². The van der Waals surface area contributed by atoms with E-state index in [9.17, 15) is 44.1 Å². The zero-order valence-electron chi connectivity index (χ0n) is 34.6. The number of carbonyl (C=O) groups is 6. The minimum absolute atomic E-state index is 0. The van der Waals surface area contributed by atoms with Crippen molar-refractivity contribution in [3.8, 4) is 34.5 Å². The number of aliphatic carboxylic acids is 1. The average Bonchev–Trinajstić information content (AvgIpc) is 3.21. The molecule has 0 unspecified atom stereocenters. The summed E-state index contributed by atoms with van der Waals surface area (Å²) in [4.78, 5) is 63.6. The third-order valence-electron chi connectivity index (χ3n) is 5.66. The van der Waals surface area contributed by atoms with Crippen molar-refractivity contribution in [1.82, 2.24) is 4.90 Å². The molecule has 5 N–H and O–H groups in total. The number of nitrogens with one attached hydrogen (secondary N) is 1. The molecule has 3 rings (SSSR count). The van der Waals surface area contributed by atoms with E-state index in [1.165, 1.54) is 80.8 Å². The summed E-state index contributed by atoms with van der Waals surface area (Å²) < 4.78 is 21.0. The Balaban J connectivity index is -0.000000163. The van der Waals surface area contributed by atoms with Crippen LogP contribution in [0.4, 0.5) is 0 Å². The second kappa shape index (κ2) is 42.6. The van der Waals surface area contributed by atoms with Gasteiger partial charge >= 0.3 is 28.8 Å². The molecule has 3 aromatic rings. The SMILES string of the molecule is C.CN(C)C=O.COc1ccc(/C=C/C(=O)O)cc1O.COc1ccc(/C=C/C=O)cc1O.C[N+](C)=CCl.C[NH+]=COC(=O)/C=C/c1ccc(OC)c(O)c1.O=C(Cl)C(=O)Cl.[Cl-].[Cl-]. The van der Waals surface area contributed by atoms with Crippen LogP contribution in [0.15, 0.2) is 72.8 Å². The Morgan fingerprint density at radius 3 is 1.27 bits per heavy atom. The molecule has 0 saturated carbocycles. The van der Waals surface area contributed by atoms with E-state index in [2.05, 4.69) is 32.9 Å². The van der Waals surface area contributed by atoms with Gasteiger partial charge in [-0.25, -0.2) is 19.2 Å². The van der Waals surface area contributed by atoms with Crippen LogP contribution < -0.4 is 44.0 Å². The second-order valence-corrected chi connectivity index (χ2v) is 11.7. The number of benzene rings is 3. The molecule has 3 aromatic carbocycles. The molecule has 0 aromatic heterocycles. The van der Waals surface area contributed by atoms with Gasteiger partial charge in [0.2, 0.25) is 12.1 Å². The molecule has 0 spiro atoms. The van der Waals surface area contributed by atoms with Crippen molar-refractivity contribution in [2.24, 2.45) is 0 Å². The van der Waals surface area contributed by atoms with E-state index >= 15 is 0 Å². The Morgan fingerprint density at radius 2 is 1.03 bits per heavy atom. The maximum atomic E-state index is 11.1. The lowest BCUT2D eigenvalue weighted by atomic mass is 10.2. The maximum Gasteiger partial charge on any atom is 0.339 e. The number of ether oxygens (including phenoxy) is 4. The lowest BCUT2D eigenvalue weighted by Crippen LogP contribution is -3.00. The monoisotopic (exact) mass is 985 g/mol. The van der Waals surface area contributed by atoms with Gasteiger partial charge in [-0.1, -0.05) is 31.7 Å². The summed E-state index contributed by atoms with van der Waals surface area (Å²) in [6.45, 7) is 0. The third kappa shape index (κ3) is 38.5. The summed E-state index contributed by atoms with van der Waals surface area (Å²) in [6.07, 6.45) is 10.8. The van der Waals surface area contributed by atoms with Gasteiger partial charge in [-0.3, -0.25) is 19.2 Å². The molecule has 0 bridgehead atoms. The largest absolute Gasteiger partial charge is 1.00 e. The zero-order valence-corrected chi connectivity index (χ0v) is 38.4. The number of hydrogen-bond acceptors (Lipinski definition) is 13. The third-order valence-corrected chi connectivity index (χ3v) is 6.49. The Labute approximate surface area is 393 Å². The van der Waals surface area contributed by atoms with Crippen LogP contribution in [-0.4, -0.2) is 134 Å². The van der Waals surface area contributed by atoms with Crippen LogP contribution in [0, 0.1) is 0 Å². The number of methoxy groups -OCH3 is 3. The molecule has 0 aliphatic carbocycles. The molecule has 22 heteroatoms. The molecule has 0 aliphatic rings. The molecule has 0 saturated heterocycles. The molecule has 0 fully saturated rings. The second-order valence-electron chi connectivity index (χ2n) is 10.8. The molecular formula is C41H52Cl5N3O14. The van der Waals surface area contributed by atoms with Gasteiger partial charge in [0.15, 0.2) is 34.5 Å². The smallest absolute Gasteiger partial charge is 0.339 e.